The Hall–Kier alpha value is -1.63. The minimum atomic E-state index is 0.111. The third kappa shape index (κ3) is 4.69. The van der Waals surface area contributed by atoms with Crippen LogP contribution in [0.3, 0.4) is 0 Å². The van der Waals surface area contributed by atoms with E-state index in [1.54, 1.807) is 11.3 Å². The lowest BCUT2D eigenvalue weighted by Gasteiger charge is -2.15. The Morgan fingerprint density at radius 2 is 2.05 bits per heavy atom. The van der Waals surface area contributed by atoms with Crippen LogP contribution < -0.4 is 10.6 Å². The summed E-state index contributed by atoms with van der Waals surface area (Å²) in [5.74, 6) is 0.792. The van der Waals surface area contributed by atoms with Gasteiger partial charge in [0.2, 0.25) is 5.91 Å². The molecule has 0 spiro atoms. The molecule has 7 heteroatoms. The Morgan fingerprint density at radius 1 is 1.32 bits per heavy atom. The molecule has 0 radical (unpaired) electrons. The van der Waals surface area contributed by atoms with Crippen LogP contribution in [0.2, 0.25) is 0 Å². The highest BCUT2D eigenvalue weighted by atomic mass is 32.1. The summed E-state index contributed by atoms with van der Waals surface area (Å²) in [5, 5.41) is 7.52. The lowest BCUT2D eigenvalue weighted by Crippen LogP contribution is -2.38. The van der Waals surface area contributed by atoms with Crippen molar-refractivity contribution in [3.8, 4) is 0 Å². The zero-order chi connectivity index (χ0) is 15.9. The van der Waals surface area contributed by atoms with E-state index >= 15 is 0 Å². The highest BCUT2D eigenvalue weighted by molar-refractivity contribution is 7.11. The first kappa shape index (κ1) is 16.7. The Labute approximate surface area is 136 Å². The van der Waals surface area contributed by atoms with E-state index < -0.39 is 0 Å². The molecule has 0 atom stereocenters. The van der Waals surface area contributed by atoms with Gasteiger partial charge >= 0.3 is 0 Å². The average Bonchev–Trinajstić information content (AvgIpc) is 3.11. The number of amides is 1. The van der Waals surface area contributed by atoms with Crippen LogP contribution in [-0.2, 0) is 11.3 Å². The maximum absolute atomic E-state index is 12.0. The number of hydrogen-bond donors (Lipinski definition) is 2. The van der Waals surface area contributed by atoms with Crippen molar-refractivity contribution in [3.05, 3.63) is 15.6 Å². The fourth-order valence-corrected chi connectivity index (χ4v) is 3.33. The van der Waals surface area contributed by atoms with Gasteiger partial charge in [-0.25, -0.2) is 9.98 Å². The van der Waals surface area contributed by atoms with Crippen molar-refractivity contribution in [2.75, 3.05) is 26.2 Å². The number of rotatable bonds is 5. The van der Waals surface area contributed by atoms with Gasteiger partial charge in [0.1, 0.15) is 6.54 Å². The lowest BCUT2D eigenvalue weighted by molar-refractivity contribution is -0.128. The van der Waals surface area contributed by atoms with Gasteiger partial charge in [-0.3, -0.25) is 4.79 Å². The third-order valence-corrected chi connectivity index (χ3v) is 4.66. The topological polar surface area (TPSA) is 69.6 Å². The van der Waals surface area contributed by atoms with Crippen LogP contribution in [0, 0.1) is 13.8 Å². The van der Waals surface area contributed by atoms with Crippen LogP contribution in [0.4, 0.5) is 0 Å². The standard InChI is InChI=1S/C15H25N5OS/c1-4-16-15(17-9-13-11(2)19-12(3)22-13)18-10-14(21)20-7-5-6-8-20/h4-10H2,1-3H3,(H2,16,17,18). The van der Waals surface area contributed by atoms with E-state index in [4.69, 9.17) is 0 Å². The second-order valence-corrected chi connectivity index (χ2v) is 6.67. The van der Waals surface area contributed by atoms with Crippen LogP contribution in [0.25, 0.3) is 0 Å². The molecule has 1 aromatic rings. The Kier molecular flexibility index (Phi) is 6.18. The Balaban J connectivity index is 1.89. The fraction of sp³-hybridized carbons (Fsp3) is 0.667. The number of carbonyl (C=O) groups is 1. The van der Waals surface area contributed by atoms with E-state index in [0.717, 1.165) is 43.2 Å². The molecule has 2 heterocycles. The smallest absolute Gasteiger partial charge is 0.244 e. The number of nitrogens with zero attached hydrogens (tertiary/aromatic N) is 3. The van der Waals surface area contributed by atoms with Crippen molar-refractivity contribution < 1.29 is 4.79 Å². The van der Waals surface area contributed by atoms with Gasteiger partial charge in [-0.05, 0) is 33.6 Å². The third-order valence-electron chi connectivity index (χ3n) is 3.59. The normalized spacial score (nSPS) is 15.2. The van der Waals surface area contributed by atoms with E-state index in [0.29, 0.717) is 12.5 Å². The summed E-state index contributed by atoms with van der Waals surface area (Å²) in [7, 11) is 0. The summed E-state index contributed by atoms with van der Waals surface area (Å²) in [4.78, 5) is 24.0. The van der Waals surface area contributed by atoms with Crippen molar-refractivity contribution in [2.24, 2.45) is 4.99 Å². The first-order valence-corrected chi connectivity index (χ1v) is 8.64. The SMILES string of the molecule is CCNC(=NCC(=O)N1CCCC1)NCc1sc(C)nc1C. The number of thiazole rings is 1. The minimum Gasteiger partial charge on any atom is -0.357 e. The fourth-order valence-electron chi connectivity index (χ4n) is 2.46. The number of aromatic nitrogens is 1. The second-order valence-electron chi connectivity index (χ2n) is 5.38. The van der Waals surface area contributed by atoms with Gasteiger partial charge < -0.3 is 15.5 Å². The van der Waals surface area contributed by atoms with Crippen LogP contribution in [0.15, 0.2) is 4.99 Å². The number of likely N-dealkylation sites (tertiary alicyclic amines) is 1. The monoisotopic (exact) mass is 323 g/mol. The van der Waals surface area contributed by atoms with Crippen LogP contribution >= 0.6 is 11.3 Å². The average molecular weight is 323 g/mol. The molecule has 1 saturated heterocycles. The predicted octanol–water partition coefficient (Wildman–Crippen LogP) is 1.44. The lowest BCUT2D eigenvalue weighted by atomic mass is 10.4. The van der Waals surface area contributed by atoms with Crippen molar-refractivity contribution in [1.29, 1.82) is 0 Å². The highest BCUT2D eigenvalue weighted by Gasteiger charge is 2.17. The van der Waals surface area contributed by atoms with Crippen molar-refractivity contribution in [1.82, 2.24) is 20.5 Å². The molecule has 1 aromatic heterocycles. The van der Waals surface area contributed by atoms with Gasteiger partial charge in [-0.1, -0.05) is 0 Å². The molecule has 2 N–H and O–H groups in total. The largest absolute Gasteiger partial charge is 0.357 e. The van der Waals surface area contributed by atoms with E-state index in [1.807, 2.05) is 25.7 Å². The zero-order valence-corrected chi connectivity index (χ0v) is 14.4. The van der Waals surface area contributed by atoms with Crippen LogP contribution in [0.5, 0.6) is 0 Å². The van der Waals surface area contributed by atoms with E-state index in [2.05, 4.69) is 20.6 Å². The quantitative estimate of drug-likeness (QED) is 0.635. The maximum atomic E-state index is 12.0. The van der Waals surface area contributed by atoms with Gasteiger partial charge in [0.25, 0.3) is 0 Å². The van der Waals surface area contributed by atoms with Gasteiger partial charge in [0.05, 0.1) is 17.2 Å². The van der Waals surface area contributed by atoms with Gasteiger partial charge in [0, 0.05) is 24.5 Å². The molecule has 2 rings (SSSR count). The van der Waals surface area contributed by atoms with Crippen LogP contribution in [-0.4, -0.2) is 47.9 Å². The highest BCUT2D eigenvalue weighted by Crippen LogP contribution is 2.16. The number of guanidine groups is 1. The molecule has 1 amide bonds. The van der Waals surface area contributed by atoms with Crippen LogP contribution in [0.1, 0.15) is 35.3 Å². The molecule has 0 unspecified atom stereocenters. The number of nitrogens with one attached hydrogen (secondary N) is 2. The summed E-state index contributed by atoms with van der Waals surface area (Å²) in [6.45, 7) is 9.44. The zero-order valence-electron chi connectivity index (χ0n) is 13.6. The van der Waals surface area contributed by atoms with Crippen molar-refractivity contribution >= 4 is 23.2 Å². The van der Waals surface area contributed by atoms with Gasteiger partial charge in [-0.2, -0.15) is 0 Å². The summed E-state index contributed by atoms with van der Waals surface area (Å²) in [5.41, 5.74) is 1.05. The first-order valence-electron chi connectivity index (χ1n) is 7.83. The summed E-state index contributed by atoms with van der Waals surface area (Å²) in [6, 6.07) is 0. The van der Waals surface area contributed by atoms with Gasteiger partial charge in [0.15, 0.2) is 5.96 Å². The molecule has 0 aromatic carbocycles. The molecule has 122 valence electrons. The molecule has 0 aliphatic carbocycles. The van der Waals surface area contributed by atoms with E-state index in [9.17, 15) is 4.79 Å². The molecule has 1 aliphatic heterocycles. The predicted molar refractivity (Wildman–Crippen MR) is 90.2 cm³/mol. The summed E-state index contributed by atoms with van der Waals surface area (Å²) < 4.78 is 0. The first-order chi connectivity index (χ1) is 10.6. The Morgan fingerprint density at radius 3 is 2.64 bits per heavy atom. The maximum Gasteiger partial charge on any atom is 0.244 e. The summed E-state index contributed by atoms with van der Waals surface area (Å²) >= 11 is 1.69. The summed E-state index contributed by atoms with van der Waals surface area (Å²) in [6.07, 6.45) is 2.22. The second kappa shape index (κ2) is 8.12. The number of carbonyl (C=O) groups excluding carboxylic acids is 1. The molecule has 0 bridgehead atoms. The number of aryl methyl sites for hydroxylation is 2. The van der Waals surface area contributed by atoms with Crippen molar-refractivity contribution in [3.63, 3.8) is 0 Å². The minimum absolute atomic E-state index is 0.111. The molecular weight excluding hydrogens is 298 g/mol. The van der Waals surface area contributed by atoms with E-state index in [-0.39, 0.29) is 12.5 Å². The van der Waals surface area contributed by atoms with Gasteiger partial charge in [-0.15, -0.1) is 11.3 Å². The molecule has 1 fully saturated rings. The molecule has 0 saturated carbocycles. The molecule has 6 nitrogen and oxygen atoms in total. The number of aliphatic imine (C=N–C) groups is 1. The Bertz CT molecular complexity index is 534. The molecular formula is C15H25N5OS. The van der Waals surface area contributed by atoms with Crippen molar-refractivity contribution in [2.45, 2.75) is 40.2 Å². The number of hydrogen-bond acceptors (Lipinski definition) is 4. The molecule has 1 aliphatic rings. The molecule has 22 heavy (non-hydrogen) atoms. The van der Waals surface area contributed by atoms with E-state index in [1.165, 1.54) is 4.88 Å².